The Morgan fingerprint density at radius 3 is 2.53 bits per heavy atom. The molecule has 0 aliphatic heterocycles. The van der Waals surface area contributed by atoms with Crippen molar-refractivity contribution in [1.82, 2.24) is 15.0 Å². The van der Waals surface area contributed by atoms with E-state index in [9.17, 15) is 18.0 Å². The number of alkyl halides is 3. The van der Waals surface area contributed by atoms with Gasteiger partial charge in [-0.2, -0.15) is 13.2 Å². The van der Waals surface area contributed by atoms with Gasteiger partial charge in [0, 0.05) is 48.3 Å². The van der Waals surface area contributed by atoms with Crippen LogP contribution >= 0.6 is 0 Å². The predicted octanol–water partition coefficient (Wildman–Crippen LogP) is 5.31. The third kappa shape index (κ3) is 4.36. The number of nitrogens with one attached hydrogen (secondary N) is 2. The molecule has 4 aromatic rings. The monoisotopic (exact) mass is 437 g/mol. The molecule has 3 aromatic heterocycles. The van der Waals surface area contributed by atoms with Crippen molar-refractivity contribution in [2.75, 3.05) is 17.7 Å². The maximum atomic E-state index is 12.9. The van der Waals surface area contributed by atoms with Gasteiger partial charge in [-0.25, -0.2) is 4.98 Å². The molecule has 3 heterocycles. The quantitative estimate of drug-likeness (QED) is 0.452. The van der Waals surface area contributed by atoms with Crippen molar-refractivity contribution in [1.29, 1.82) is 0 Å². The lowest BCUT2D eigenvalue weighted by Crippen LogP contribution is -2.15. The van der Waals surface area contributed by atoms with Gasteiger partial charge in [0.15, 0.2) is 0 Å². The summed E-state index contributed by atoms with van der Waals surface area (Å²) in [5, 5.41) is 6.43. The molecule has 4 rings (SSSR count). The summed E-state index contributed by atoms with van der Waals surface area (Å²) in [6, 6.07) is 10.6. The molecule has 0 atom stereocenters. The van der Waals surface area contributed by atoms with E-state index in [1.54, 1.807) is 31.6 Å². The van der Waals surface area contributed by atoms with Crippen molar-refractivity contribution in [3.8, 4) is 11.1 Å². The zero-order chi connectivity index (χ0) is 22.9. The van der Waals surface area contributed by atoms with E-state index < -0.39 is 17.6 Å². The predicted molar refractivity (Wildman–Crippen MR) is 116 cm³/mol. The van der Waals surface area contributed by atoms with E-state index >= 15 is 0 Å². The molecule has 0 fully saturated rings. The first-order chi connectivity index (χ1) is 15.2. The SMILES string of the molecule is CNc1cc2ncc(-c3cc(NC(=O)c4cc(C(F)(F)F)ccn4)ccc3C)cc2cn1. The Morgan fingerprint density at radius 2 is 1.78 bits per heavy atom. The normalized spacial score (nSPS) is 11.4. The maximum absolute atomic E-state index is 12.9. The molecular weight excluding hydrogens is 419 g/mol. The van der Waals surface area contributed by atoms with E-state index in [1.807, 2.05) is 25.1 Å². The summed E-state index contributed by atoms with van der Waals surface area (Å²) in [7, 11) is 1.78. The van der Waals surface area contributed by atoms with Gasteiger partial charge in [-0.1, -0.05) is 6.07 Å². The molecule has 0 bridgehead atoms. The second kappa shape index (κ2) is 8.26. The van der Waals surface area contributed by atoms with E-state index in [0.29, 0.717) is 11.5 Å². The molecule has 0 spiro atoms. The molecule has 1 aromatic carbocycles. The molecule has 0 radical (unpaired) electrons. The highest BCUT2D eigenvalue weighted by Gasteiger charge is 2.31. The number of benzene rings is 1. The fourth-order valence-corrected chi connectivity index (χ4v) is 3.24. The Morgan fingerprint density at radius 1 is 0.969 bits per heavy atom. The number of anilines is 2. The molecule has 32 heavy (non-hydrogen) atoms. The first-order valence-corrected chi connectivity index (χ1v) is 9.64. The van der Waals surface area contributed by atoms with Crippen molar-refractivity contribution < 1.29 is 18.0 Å². The number of halogens is 3. The largest absolute Gasteiger partial charge is 0.416 e. The number of nitrogens with zero attached hydrogens (tertiary/aromatic N) is 3. The molecule has 0 aliphatic carbocycles. The first-order valence-electron chi connectivity index (χ1n) is 9.64. The van der Waals surface area contributed by atoms with Gasteiger partial charge >= 0.3 is 6.18 Å². The number of aryl methyl sites for hydroxylation is 1. The van der Waals surface area contributed by atoms with Crippen LogP contribution in [-0.2, 0) is 6.18 Å². The summed E-state index contributed by atoms with van der Waals surface area (Å²) in [6.07, 6.45) is -0.143. The van der Waals surface area contributed by atoms with Crippen molar-refractivity contribution in [3.63, 3.8) is 0 Å². The minimum Gasteiger partial charge on any atom is -0.373 e. The van der Waals surface area contributed by atoms with Crippen molar-refractivity contribution in [2.45, 2.75) is 13.1 Å². The average Bonchev–Trinajstić information content (AvgIpc) is 2.79. The van der Waals surface area contributed by atoms with Crippen molar-refractivity contribution >= 4 is 28.3 Å². The van der Waals surface area contributed by atoms with Gasteiger partial charge in [0.1, 0.15) is 11.5 Å². The van der Waals surface area contributed by atoms with Gasteiger partial charge in [0.2, 0.25) is 0 Å². The van der Waals surface area contributed by atoms with Crippen LogP contribution in [0.15, 0.2) is 61.1 Å². The van der Waals surface area contributed by atoms with Gasteiger partial charge in [-0.15, -0.1) is 0 Å². The highest BCUT2D eigenvalue weighted by molar-refractivity contribution is 6.03. The molecular formula is C23H18F3N5O. The van der Waals surface area contributed by atoms with Crippen LogP contribution < -0.4 is 10.6 Å². The van der Waals surface area contributed by atoms with E-state index in [4.69, 9.17) is 0 Å². The van der Waals surface area contributed by atoms with Crippen LogP contribution in [0.4, 0.5) is 24.7 Å². The lowest BCUT2D eigenvalue weighted by Gasteiger charge is -2.12. The summed E-state index contributed by atoms with van der Waals surface area (Å²) in [4.78, 5) is 25.1. The number of aromatic nitrogens is 3. The van der Waals surface area contributed by atoms with Gasteiger partial charge < -0.3 is 10.6 Å². The van der Waals surface area contributed by atoms with Crippen LogP contribution in [0.1, 0.15) is 21.6 Å². The van der Waals surface area contributed by atoms with Crippen LogP contribution in [0.5, 0.6) is 0 Å². The Labute approximate surface area is 181 Å². The average molecular weight is 437 g/mol. The summed E-state index contributed by atoms with van der Waals surface area (Å²) in [6.45, 7) is 1.92. The van der Waals surface area contributed by atoms with Crippen LogP contribution in [0.3, 0.4) is 0 Å². The number of fused-ring (bicyclic) bond motifs is 1. The number of hydrogen-bond donors (Lipinski definition) is 2. The van der Waals surface area contributed by atoms with E-state index in [0.717, 1.165) is 45.9 Å². The minimum atomic E-state index is -4.55. The van der Waals surface area contributed by atoms with Crippen LogP contribution in [0.2, 0.25) is 0 Å². The number of carbonyl (C=O) groups is 1. The topological polar surface area (TPSA) is 79.8 Å². The lowest BCUT2D eigenvalue weighted by atomic mass is 10.00. The summed E-state index contributed by atoms with van der Waals surface area (Å²) < 4.78 is 38.8. The van der Waals surface area contributed by atoms with Gasteiger partial charge in [-0.3, -0.25) is 14.8 Å². The van der Waals surface area contributed by atoms with Gasteiger partial charge in [0.25, 0.3) is 5.91 Å². The number of pyridine rings is 3. The van der Waals surface area contributed by atoms with Crippen LogP contribution in [-0.4, -0.2) is 27.9 Å². The summed E-state index contributed by atoms with van der Waals surface area (Å²) in [5.41, 5.74) is 2.56. The Hall–Kier alpha value is -4.01. The highest BCUT2D eigenvalue weighted by Crippen LogP contribution is 2.30. The molecule has 0 saturated carbocycles. The second-order valence-electron chi connectivity index (χ2n) is 7.15. The molecule has 9 heteroatoms. The third-order valence-electron chi connectivity index (χ3n) is 4.95. The Kier molecular flexibility index (Phi) is 5.48. The molecule has 0 saturated heterocycles. The van der Waals surface area contributed by atoms with Crippen molar-refractivity contribution in [2.24, 2.45) is 0 Å². The maximum Gasteiger partial charge on any atom is 0.416 e. The van der Waals surface area contributed by atoms with E-state index in [1.165, 1.54) is 0 Å². The zero-order valence-corrected chi connectivity index (χ0v) is 17.2. The van der Waals surface area contributed by atoms with Gasteiger partial charge in [0.05, 0.1) is 11.1 Å². The van der Waals surface area contributed by atoms with Gasteiger partial charge in [-0.05, 0) is 48.4 Å². The number of carbonyl (C=O) groups excluding carboxylic acids is 1. The third-order valence-corrected chi connectivity index (χ3v) is 4.95. The zero-order valence-electron chi connectivity index (χ0n) is 17.2. The second-order valence-corrected chi connectivity index (χ2v) is 7.15. The fourth-order valence-electron chi connectivity index (χ4n) is 3.24. The molecule has 162 valence electrons. The molecule has 6 nitrogen and oxygen atoms in total. The Balaban J connectivity index is 1.63. The molecule has 0 unspecified atom stereocenters. The van der Waals surface area contributed by atoms with Crippen LogP contribution in [0.25, 0.3) is 22.0 Å². The highest BCUT2D eigenvalue weighted by atomic mass is 19.4. The molecule has 0 aliphatic rings. The number of amides is 1. The summed E-state index contributed by atoms with van der Waals surface area (Å²) in [5.74, 6) is -0.0202. The van der Waals surface area contributed by atoms with E-state index in [-0.39, 0.29) is 5.69 Å². The number of hydrogen-bond acceptors (Lipinski definition) is 5. The molecule has 1 amide bonds. The first kappa shape index (κ1) is 21.2. The summed E-state index contributed by atoms with van der Waals surface area (Å²) >= 11 is 0. The van der Waals surface area contributed by atoms with Crippen molar-refractivity contribution in [3.05, 3.63) is 77.9 Å². The lowest BCUT2D eigenvalue weighted by molar-refractivity contribution is -0.137. The number of rotatable bonds is 4. The smallest absolute Gasteiger partial charge is 0.373 e. The minimum absolute atomic E-state index is 0.319. The molecule has 2 N–H and O–H groups in total. The van der Waals surface area contributed by atoms with E-state index in [2.05, 4.69) is 25.6 Å². The Bertz CT molecular complexity index is 1320. The van der Waals surface area contributed by atoms with Crippen LogP contribution in [0, 0.1) is 6.92 Å². The fraction of sp³-hybridized carbons (Fsp3) is 0.130. The standard InChI is InChI=1S/C23H18F3N5O/c1-13-3-4-17(31-22(32)20-8-16(5-6-28-20)23(24,25)26)9-18(13)14-7-15-12-30-21(27-2)10-19(15)29-11-14/h3-12H,1-2H3,(H,27,30)(H,31,32).